The third-order valence-corrected chi connectivity index (χ3v) is 18.1. The van der Waals surface area contributed by atoms with Crippen molar-refractivity contribution >= 4 is 0 Å². The van der Waals surface area contributed by atoms with E-state index in [9.17, 15) is 46.0 Å². The van der Waals surface area contributed by atoms with Crippen LogP contribution in [0.4, 0.5) is 0 Å². The van der Waals surface area contributed by atoms with Crippen molar-refractivity contribution in [2.75, 3.05) is 19.8 Å². The monoisotopic (exact) mass is 872 g/mol. The van der Waals surface area contributed by atoms with E-state index in [1.807, 2.05) is 0 Å². The zero-order valence-electron chi connectivity index (χ0n) is 36.2. The highest BCUT2D eigenvalue weighted by molar-refractivity contribution is 5.23. The summed E-state index contributed by atoms with van der Waals surface area (Å²) >= 11 is 0. The lowest BCUT2D eigenvalue weighted by atomic mass is 9.44. The van der Waals surface area contributed by atoms with Crippen LogP contribution >= 0.6 is 0 Å². The van der Waals surface area contributed by atoms with Gasteiger partial charge in [0.2, 0.25) is 0 Å². The summed E-state index contributed by atoms with van der Waals surface area (Å²) < 4.78 is 49.6. The van der Waals surface area contributed by atoms with Crippen LogP contribution in [0.5, 0.6) is 0 Å². The number of hydrogen-bond acceptors (Lipinski definition) is 17. The Morgan fingerprint density at radius 2 is 1.39 bits per heavy atom. The minimum absolute atomic E-state index is 0.0310. The van der Waals surface area contributed by atoms with Crippen LogP contribution in [0.2, 0.25) is 0 Å². The topological polar surface area (TPSA) is 256 Å². The summed E-state index contributed by atoms with van der Waals surface area (Å²) in [5.74, 6) is 1.24. The second-order valence-electron chi connectivity index (χ2n) is 21.2. The maximum absolute atomic E-state index is 12.8. The van der Waals surface area contributed by atoms with Gasteiger partial charge >= 0.3 is 0 Å². The maximum Gasteiger partial charge on any atom is 0.187 e. The molecule has 9 N–H and O–H groups in total. The molecule has 0 aromatic rings. The molecule has 17 nitrogen and oxygen atoms in total. The molecule has 350 valence electrons. The quantitative estimate of drug-likeness (QED) is 0.153. The highest BCUT2D eigenvalue weighted by Gasteiger charge is 2.76. The predicted molar refractivity (Wildman–Crippen MR) is 210 cm³/mol. The Labute approximate surface area is 357 Å². The third-order valence-electron chi connectivity index (χ3n) is 18.1. The zero-order valence-corrected chi connectivity index (χ0v) is 36.2. The van der Waals surface area contributed by atoms with Crippen molar-refractivity contribution in [2.45, 2.75) is 208 Å². The molecule has 5 heterocycles. The molecule has 6 unspecified atom stereocenters. The molecule has 4 saturated carbocycles. The molecule has 0 radical (unpaired) electrons. The first-order chi connectivity index (χ1) is 28.9. The van der Waals surface area contributed by atoms with Gasteiger partial charge in [0, 0.05) is 17.8 Å². The molecule has 5 saturated heterocycles. The van der Waals surface area contributed by atoms with Gasteiger partial charge in [-0.3, -0.25) is 0 Å². The van der Waals surface area contributed by atoms with Gasteiger partial charge in [-0.1, -0.05) is 27.7 Å². The number of fused-ring (bicyclic) bond motifs is 7. The second kappa shape index (κ2) is 16.6. The van der Waals surface area contributed by atoms with Gasteiger partial charge in [-0.2, -0.15) is 0 Å². The molecule has 0 amide bonds. The van der Waals surface area contributed by atoms with Gasteiger partial charge in [0.05, 0.1) is 38.1 Å². The number of ether oxygens (including phenoxy) is 8. The minimum Gasteiger partial charge on any atom is -0.394 e. The van der Waals surface area contributed by atoms with E-state index in [1.54, 1.807) is 0 Å². The molecule has 0 bridgehead atoms. The molecule has 5 aliphatic heterocycles. The van der Waals surface area contributed by atoms with Gasteiger partial charge in [-0.25, -0.2) is 0 Å². The highest BCUT2D eigenvalue weighted by Crippen LogP contribution is 2.72. The molecular formula is C44H72O17. The third kappa shape index (κ3) is 7.13. The maximum atomic E-state index is 12.8. The second-order valence-corrected chi connectivity index (χ2v) is 21.2. The van der Waals surface area contributed by atoms with E-state index in [-0.39, 0.29) is 35.6 Å². The van der Waals surface area contributed by atoms with Crippen molar-refractivity contribution in [3.05, 3.63) is 0 Å². The average Bonchev–Trinajstić information content (AvgIpc) is 3.59. The van der Waals surface area contributed by atoms with Gasteiger partial charge in [0.15, 0.2) is 24.7 Å². The lowest BCUT2D eigenvalue weighted by Gasteiger charge is -2.62. The summed E-state index contributed by atoms with van der Waals surface area (Å²) in [6.45, 7) is 10.3. The van der Waals surface area contributed by atoms with Crippen LogP contribution in [0.15, 0.2) is 0 Å². The molecule has 0 aromatic heterocycles. The Morgan fingerprint density at radius 1 is 0.656 bits per heavy atom. The van der Waals surface area contributed by atoms with E-state index in [2.05, 4.69) is 27.7 Å². The fourth-order valence-corrected chi connectivity index (χ4v) is 14.3. The Balaban J connectivity index is 0.899. The Morgan fingerprint density at radius 3 is 2.11 bits per heavy atom. The van der Waals surface area contributed by atoms with Gasteiger partial charge in [-0.15, -0.1) is 0 Å². The highest BCUT2D eigenvalue weighted by atomic mass is 16.8. The molecule has 61 heavy (non-hydrogen) atoms. The largest absolute Gasteiger partial charge is 0.394 e. The normalized spacial score (nSPS) is 59.7. The fourth-order valence-electron chi connectivity index (χ4n) is 14.3. The molecule has 1 spiro atoms. The lowest BCUT2D eigenvalue weighted by molar-refractivity contribution is -0.385. The van der Waals surface area contributed by atoms with Crippen LogP contribution in [0.1, 0.15) is 98.8 Å². The van der Waals surface area contributed by atoms with E-state index in [4.69, 9.17) is 37.9 Å². The predicted octanol–water partition coefficient (Wildman–Crippen LogP) is 0.0480. The minimum atomic E-state index is -1.71. The van der Waals surface area contributed by atoms with Crippen LogP contribution in [0.3, 0.4) is 0 Å². The van der Waals surface area contributed by atoms with Crippen molar-refractivity contribution in [1.29, 1.82) is 0 Å². The lowest BCUT2D eigenvalue weighted by Crippen LogP contribution is -2.66. The van der Waals surface area contributed by atoms with E-state index >= 15 is 0 Å². The smallest absolute Gasteiger partial charge is 0.187 e. The van der Waals surface area contributed by atoms with Crippen molar-refractivity contribution in [3.8, 4) is 0 Å². The number of hydrogen-bond donors (Lipinski definition) is 9. The molecular weight excluding hydrogens is 800 g/mol. The van der Waals surface area contributed by atoms with E-state index in [1.165, 1.54) is 6.92 Å². The summed E-state index contributed by atoms with van der Waals surface area (Å²) in [6.07, 6.45) is -12.1. The van der Waals surface area contributed by atoms with Crippen LogP contribution in [0.25, 0.3) is 0 Å². The summed E-state index contributed by atoms with van der Waals surface area (Å²) in [7, 11) is 0. The van der Waals surface area contributed by atoms with Crippen LogP contribution < -0.4 is 0 Å². The van der Waals surface area contributed by atoms with Gasteiger partial charge in [0.25, 0.3) is 0 Å². The molecule has 17 heteroatoms. The Bertz CT molecular complexity index is 1550. The SMILES string of the molecule is C[C@H]1CC[C@@]2(OC1)OC1CC3C4CC[C@@H]5CC(O[C@@H]6O[C@H](CO)[C@@H](O[C@@H]7O[C@H](C)[C@H](O)[C@@H](O)[C@H]7O)[C@H](O)[C@H]6O[C@@H]6OC[C@@H](O)[C@H](O)[C@H]6O)CC[C@]5(C)C4CCC3(C)[C@@]1(O)[C@@H]2C. The Kier molecular flexibility index (Phi) is 12.4. The van der Waals surface area contributed by atoms with Crippen molar-refractivity contribution in [1.82, 2.24) is 0 Å². The number of aliphatic hydroxyl groups is 9. The fraction of sp³-hybridized carbons (Fsp3) is 1.00. The number of rotatable bonds is 7. The molecule has 0 aromatic carbocycles. The zero-order chi connectivity index (χ0) is 43.6. The van der Waals surface area contributed by atoms with E-state index in [0.29, 0.717) is 49.0 Å². The molecule has 4 aliphatic carbocycles. The van der Waals surface area contributed by atoms with Gasteiger partial charge in [-0.05, 0) is 99.7 Å². The van der Waals surface area contributed by atoms with Crippen LogP contribution in [-0.2, 0) is 37.9 Å². The Hall–Kier alpha value is -0.680. The van der Waals surface area contributed by atoms with Crippen LogP contribution in [0, 0.1) is 46.3 Å². The van der Waals surface area contributed by atoms with Crippen molar-refractivity contribution in [2.24, 2.45) is 46.3 Å². The first kappa shape index (κ1) is 45.5. The molecule has 26 atom stereocenters. The van der Waals surface area contributed by atoms with E-state index < -0.39 is 104 Å². The van der Waals surface area contributed by atoms with Crippen LogP contribution in [-0.4, -0.2) is 175 Å². The molecule has 9 fully saturated rings. The first-order valence-corrected chi connectivity index (χ1v) is 23.2. The standard InChI is InChI=1S/C44H72O17/c1-19-8-13-43(55-17-19)21(3)44(53)29(61-43)15-26-24-7-6-22-14-23(9-11-41(22,4)25(24)10-12-42(26,44)5)57-40-37(60-38-33(50)31(48)27(46)18-54-38)35(52)36(28(16-45)58-40)59-39-34(51)32(49)30(47)20(2)56-39/h19-40,45-53H,6-18H2,1-5H3/t19-,20+,21+,22+,23?,24?,25?,26?,27+,28+,29?,30-,31-,32+,33+,34+,35-,36+,37+,38-,39-,40+,41-,42?,43+,44+/m0/s1. The summed E-state index contributed by atoms with van der Waals surface area (Å²) in [5.41, 5.74) is -1.20. The first-order valence-electron chi connectivity index (χ1n) is 23.2. The summed E-state index contributed by atoms with van der Waals surface area (Å²) in [4.78, 5) is 0. The van der Waals surface area contributed by atoms with E-state index in [0.717, 1.165) is 51.4 Å². The van der Waals surface area contributed by atoms with Gasteiger partial charge in [0.1, 0.15) is 66.6 Å². The van der Waals surface area contributed by atoms with Crippen molar-refractivity contribution < 1.29 is 83.9 Å². The number of aliphatic hydroxyl groups excluding tert-OH is 8. The van der Waals surface area contributed by atoms with Gasteiger partial charge < -0.3 is 83.9 Å². The summed E-state index contributed by atoms with van der Waals surface area (Å²) in [5, 5.41) is 98.0. The van der Waals surface area contributed by atoms with Crippen molar-refractivity contribution in [3.63, 3.8) is 0 Å². The summed E-state index contributed by atoms with van der Waals surface area (Å²) in [6, 6.07) is 0. The molecule has 9 rings (SSSR count). The average molecular weight is 873 g/mol. The molecule has 9 aliphatic rings.